The van der Waals surface area contributed by atoms with Gasteiger partial charge in [-0.1, -0.05) is 18.2 Å². The lowest BCUT2D eigenvalue weighted by molar-refractivity contribution is -0.119. The first-order valence-electron chi connectivity index (χ1n) is 6.48. The SMILES string of the molecule is C/C=C(/C=O)N(C)C(C)NC(=O)C1=CCC=CC(N)=C1. The van der Waals surface area contributed by atoms with Gasteiger partial charge in [-0.2, -0.15) is 0 Å². The number of carbonyl (C=O) groups is 2. The van der Waals surface area contributed by atoms with Crippen LogP contribution in [0.1, 0.15) is 20.3 Å². The maximum absolute atomic E-state index is 12.2. The number of carbonyl (C=O) groups excluding carboxylic acids is 2. The highest BCUT2D eigenvalue weighted by Crippen LogP contribution is 2.09. The van der Waals surface area contributed by atoms with E-state index in [1.807, 2.05) is 19.1 Å². The molecule has 1 amide bonds. The number of hydrogen-bond acceptors (Lipinski definition) is 4. The summed E-state index contributed by atoms with van der Waals surface area (Å²) in [5.74, 6) is -0.211. The van der Waals surface area contributed by atoms with Crippen LogP contribution in [0.15, 0.2) is 47.3 Å². The first-order valence-corrected chi connectivity index (χ1v) is 6.48. The molecule has 0 aromatic heterocycles. The molecule has 0 spiro atoms. The summed E-state index contributed by atoms with van der Waals surface area (Å²) in [6.45, 7) is 3.59. The minimum atomic E-state index is -0.300. The average Bonchev–Trinajstić information content (AvgIpc) is 2.64. The van der Waals surface area contributed by atoms with Crippen molar-refractivity contribution in [3.63, 3.8) is 0 Å². The number of allylic oxidation sites excluding steroid dienone is 5. The molecule has 1 rings (SSSR count). The zero-order valence-electron chi connectivity index (χ0n) is 12.1. The third kappa shape index (κ3) is 4.12. The highest BCUT2D eigenvalue weighted by molar-refractivity contribution is 5.96. The molecule has 20 heavy (non-hydrogen) atoms. The van der Waals surface area contributed by atoms with Gasteiger partial charge in [-0.15, -0.1) is 0 Å². The molecule has 0 aromatic rings. The van der Waals surface area contributed by atoms with E-state index < -0.39 is 0 Å². The van der Waals surface area contributed by atoms with Crippen molar-refractivity contribution in [3.05, 3.63) is 47.3 Å². The molecule has 1 aliphatic rings. The highest BCUT2D eigenvalue weighted by atomic mass is 16.2. The Hall–Kier alpha value is -2.30. The molecule has 1 atom stereocenters. The highest BCUT2D eigenvalue weighted by Gasteiger charge is 2.16. The molecule has 0 fully saturated rings. The average molecular weight is 275 g/mol. The lowest BCUT2D eigenvalue weighted by atomic mass is 10.2. The van der Waals surface area contributed by atoms with Gasteiger partial charge < -0.3 is 16.0 Å². The number of nitrogens with one attached hydrogen (secondary N) is 1. The zero-order chi connectivity index (χ0) is 15.1. The number of rotatable bonds is 5. The molecule has 0 radical (unpaired) electrons. The molecule has 5 heteroatoms. The van der Waals surface area contributed by atoms with Gasteiger partial charge in [-0.05, 0) is 32.4 Å². The fraction of sp³-hybridized carbons (Fsp3) is 0.333. The summed E-state index contributed by atoms with van der Waals surface area (Å²) in [4.78, 5) is 24.8. The van der Waals surface area contributed by atoms with E-state index >= 15 is 0 Å². The molecule has 0 saturated carbocycles. The lowest BCUT2D eigenvalue weighted by Gasteiger charge is -2.27. The summed E-state index contributed by atoms with van der Waals surface area (Å²) in [5, 5.41) is 2.84. The Balaban J connectivity index is 2.73. The van der Waals surface area contributed by atoms with Crippen LogP contribution in [0.4, 0.5) is 0 Å². The Morgan fingerprint density at radius 2 is 2.25 bits per heavy atom. The Morgan fingerprint density at radius 1 is 1.55 bits per heavy atom. The van der Waals surface area contributed by atoms with E-state index in [9.17, 15) is 9.59 Å². The van der Waals surface area contributed by atoms with Crippen molar-refractivity contribution in [2.45, 2.75) is 26.4 Å². The fourth-order valence-electron chi connectivity index (χ4n) is 1.79. The monoisotopic (exact) mass is 275 g/mol. The lowest BCUT2D eigenvalue weighted by Crippen LogP contribution is -2.44. The molecule has 1 unspecified atom stereocenters. The molecule has 0 aromatic carbocycles. The first-order chi connectivity index (χ1) is 9.49. The Morgan fingerprint density at radius 3 is 2.85 bits per heavy atom. The number of amides is 1. The van der Waals surface area contributed by atoms with Crippen LogP contribution in [-0.2, 0) is 9.59 Å². The molecule has 5 nitrogen and oxygen atoms in total. The van der Waals surface area contributed by atoms with Gasteiger partial charge in [0, 0.05) is 18.3 Å². The standard InChI is InChI=1S/C15H21N3O2/c1-4-14(10-19)18(3)11(2)17-15(20)12-7-5-6-8-13(16)9-12/h4,6-11H,5,16H2,1-3H3,(H,17,20)/b14-4-. The number of nitrogens with two attached hydrogens (primary N) is 1. The van der Waals surface area contributed by atoms with Crippen LogP contribution in [0.3, 0.4) is 0 Å². The molecule has 1 aliphatic carbocycles. The van der Waals surface area contributed by atoms with Gasteiger partial charge in [0.05, 0.1) is 11.9 Å². The zero-order valence-corrected chi connectivity index (χ0v) is 12.1. The topological polar surface area (TPSA) is 75.4 Å². The predicted octanol–water partition coefficient (Wildman–Crippen LogP) is 1.21. The maximum atomic E-state index is 12.2. The minimum Gasteiger partial charge on any atom is -0.399 e. The smallest absolute Gasteiger partial charge is 0.252 e. The summed E-state index contributed by atoms with van der Waals surface area (Å²) in [6.07, 6.45) is 9.95. The minimum absolute atomic E-state index is 0.211. The summed E-state index contributed by atoms with van der Waals surface area (Å²) in [5.41, 5.74) is 7.33. The van der Waals surface area contributed by atoms with Gasteiger partial charge in [-0.25, -0.2) is 0 Å². The third-order valence-electron chi connectivity index (χ3n) is 3.11. The van der Waals surface area contributed by atoms with Gasteiger partial charge in [0.2, 0.25) is 0 Å². The van der Waals surface area contributed by atoms with Crippen molar-refractivity contribution in [2.75, 3.05) is 7.05 Å². The van der Waals surface area contributed by atoms with Crippen molar-refractivity contribution in [3.8, 4) is 0 Å². The van der Waals surface area contributed by atoms with Crippen molar-refractivity contribution in [1.29, 1.82) is 0 Å². The quantitative estimate of drug-likeness (QED) is 0.449. The van der Waals surface area contributed by atoms with Gasteiger partial charge in [0.15, 0.2) is 6.29 Å². The number of hydrogen-bond donors (Lipinski definition) is 2. The van der Waals surface area contributed by atoms with E-state index in [0.717, 1.165) is 6.29 Å². The molecule has 0 bridgehead atoms. The van der Waals surface area contributed by atoms with Gasteiger partial charge >= 0.3 is 0 Å². The third-order valence-corrected chi connectivity index (χ3v) is 3.11. The van der Waals surface area contributed by atoms with Gasteiger partial charge in [0.25, 0.3) is 5.91 Å². The van der Waals surface area contributed by atoms with E-state index in [1.54, 1.807) is 37.1 Å². The molecule has 0 aliphatic heterocycles. The molecular formula is C15H21N3O2. The van der Waals surface area contributed by atoms with Crippen LogP contribution in [-0.4, -0.2) is 30.3 Å². The van der Waals surface area contributed by atoms with E-state index in [2.05, 4.69) is 5.32 Å². The van der Waals surface area contributed by atoms with Crippen LogP contribution in [0.5, 0.6) is 0 Å². The number of likely N-dealkylation sites (N-methyl/N-ethyl adjacent to an activating group) is 1. The van der Waals surface area contributed by atoms with Crippen molar-refractivity contribution >= 4 is 12.2 Å². The second-order valence-corrected chi connectivity index (χ2v) is 4.53. The van der Waals surface area contributed by atoms with Gasteiger partial charge in [0.1, 0.15) is 0 Å². The van der Waals surface area contributed by atoms with E-state index in [4.69, 9.17) is 5.73 Å². The van der Waals surface area contributed by atoms with E-state index in [0.29, 0.717) is 23.4 Å². The molecule has 0 saturated heterocycles. The Bertz CT molecular complexity index is 501. The summed E-state index contributed by atoms with van der Waals surface area (Å²) in [7, 11) is 1.75. The molecule has 3 N–H and O–H groups in total. The van der Waals surface area contributed by atoms with Crippen LogP contribution in [0, 0.1) is 0 Å². The maximum Gasteiger partial charge on any atom is 0.252 e. The van der Waals surface area contributed by atoms with Gasteiger partial charge in [-0.3, -0.25) is 9.59 Å². The molecule has 108 valence electrons. The molecule has 0 heterocycles. The Labute approximate surface area is 119 Å². The first kappa shape index (κ1) is 15.8. The van der Waals surface area contributed by atoms with Crippen LogP contribution < -0.4 is 11.1 Å². The second-order valence-electron chi connectivity index (χ2n) is 4.53. The predicted molar refractivity (Wildman–Crippen MR) is 79.3 cm³/mol. The van der Waals surface area contributed by atoms with Crippen molar-refractivity contribution < 1.29 is 9.59 Å². The fourth-order valence-corrected chi connectivity index (χ4v) is 1.79. The van der Waals surface area contributed by atoms with Crippen LogP contribution in [0.25, 0.3) is 0 Å². The summed E-state index contributed by atoms with van der Waals surface area (Å²) >= 11 is 0. The largest absolute Gasteiger partial charge is 0.399 e. The van der Waals surface area contributed by atoms with E-state index in [-0.39, 0.29) is 12.1 Å². The normalized spacial score (nSPS) is 16.6. The second kappa shape index (κ2) is 7.33. The number of aldehydes is 1. The van der Waals surface area contributed by atoms with Crippen molar-refractivity contribution in [2.24, 2.45) is 5.73 Å². The summed E-state index contributed by atoms with van der Waals surface area (Å²) in [6, 6.07) is 0. The van der Waals surface area contributed by atoms with Crippen LogP contribution in [0.2, 0.25) is 0 Å². The Kier molecular flexibility index (Phi) is 5.77. The van der Waals surface area contributed by atoms with Crippen LogP contribution >= 0.6 is 0 Å². The summed E-state index contributed by atoms with van der Waals surface area (Å²) < 4.78 is 0. The van der Waals surface area contributed by atoms with Crippen molar-refractivity contribution in [1.82, 2.24) is 10.2 Å². The number of nitrogens with zero attached hydrogens (tertiary/aromatic N) is 1. The molecular weight excluding hydrogens is 254 g/mol. The van der Waals surface area contributed by atoms with E-state index in [1.165, 1.54) is 0 Å².